The van der Waals surface area contributed by atoms with E-state index in [9.17, 15) is 14.3 Å². The van der Waals surface area contributed by atoms with Gasteiger partial charge in [0.1, 0.15) is 11.6 Å². The average Bonchev–Trinajstić information content (AvgIpc) is 2.59. The highest BCUT2D eigenvalue weighted by molar-refractivity contribution is 5.93. The van der Waals surface area contributed by atoms with Crippen LogP contribution >= 0.6 is 0 Å². The molecule has 132 valence electrons. The topological polar surface area (TPSA) is 55.8 Å². The summed E-state index contributed by atoms with van der Waals surface area (Å²) in [6, 6.07) is 11.6. The van der Waals surface area contributed by atoms with Crippen molar-refractivity contribution in [2.45, 2.75) is 6.92 Å². The average molecular weight is 343 g/mol. The maximum Gasteiger partial charge on any atom is 0.238 e. The summed E-state index contributed by atoms with van der Waals surface area (Å²) in [5, 5.41) is 12.7. The SMILES string of the molecule is Cc1ccc(F)cc1NC(=O)CN1CCN(c2ccccc2O)CC1. The Kier molecular flexibility index (Phi) is 5.19. The van der Waals surface area contributed by atoms with Gasteiger partial charge in [0.2, 0.25) is 5.91 Å². The molecule has 0 spiro atoms. The van der Waals surface area contributed by atoms with Crippen LogP contribution in [0, 0.1) is 12.7 Å². The fourth-order valence-corrected chi connectivity index (χ4v) is 3.00. The number of carbonyl (C=O) groups excluding carboxylic acids is 1. The third-order valence-corrected chi connectivity index (χ3v) is 4.44. The first kappa shape index (κ1) is 17.2. The molecule has 0 atom stereocenters. The lowest BCUT2D eigenvalue weighted by atomic mass is 10.2. The van der Waals surface area contributed by atoms with Crippen LogP contribution in [0.5, 0.6) is 5.75 Å². The molecule has 0 bridgehead atoms. The number of halogens is 1. The standard InChI is InChI=1S/C19H22FN3O2/c1-14-6-7-15(20)12-16(14)21-19(25)13-22-8-10-23(11-9-22)17-4-2-3-5-18(17)24/h2-7,12,24H,8-11,13H2,1H3,(H,21,25). The van der Waals surface area contributed by atoms with Crippen LogP contribution < -0.4 is 10.2 Å². The van der Waals surface area contributed by atoms with Gasteiger partial charge in [-0.05, 0) is 36.8 Å². The molecule has 0 aliphatic carbocycles. The molecule has 5 nitrogen and oxygen atoms in total. The first-order chi connectivity index (χ1) is 12.0. The van der Waals surface area contributed by atoms with Crippen LogP contribution in [-0.2, 0) is 4.79 Å². The smallest absolute Gasteiger partial charge is 0.238 e. The van der Waals surface area contributed by atoms with Crippen molar-refractivity contribution in [1.29, 1.82) is 0 Å². The largest absolute Gasteiger partial charge is 0.506 e. The van der Waals surface area contributed by atoms with Crippen molar-refractivity contribution in [1.82, 2.24) is 4.90 Å². The summed E-state index contributed by atoms with van der Waals surface area (Å²) in [5.74, 6) is -0.239. The Morgan fingerprint density at radius 3 is 2.60 bits per heavy atom. The Morgan fingerprint density at radius 1 is 1.16 bits per heavy atom. The number of piperazine rings is 1. The number of nitrogens with one attached hydrogen (secondary N) is 1. The minimum Gasteiger partial charge on any atom is -0.506 e. The molecule has 1 heterocycles. The van der Waals surface area contributed by atoms with Crippen LogP contribution in [0.15, 0.2) is 42.5 Å². The second-order valence-corrected chi connectivity index (χ2v) is 6.26. The van der Waals surface area contributed by atoms with Crippen LogP contribution in [0.25, 0.3) is 0 Å². The molecule has 1 fully saturated rings. The lowest BCUT2D eigenvalue weighted by Crippen LogP contribution is -2.48. The third kappa shape index (κ3) is 4.28. The fraction of sp³-hybridized carbons (Fsp3) is 0.316. The molecular formula is C19H22FN3O2. The quantitative estimate of drug-likeness (QED) is 0.896. The van der Waals surface area contributed by atoms with E-state index in [1.165, 1.54) is 12.1 Å². The van der Waals surface area contributed by atoms with Gasteiger partial charge >= 0.3 is 0 Å². The van der Waals surface area contributed by atoms with Gasteiger partial charge in [-0.1, -0.05) is 18.2 Å². The zero-order chi connectivity index (χ0) is 17.8. The van der Waals surface area contributed by atoms with Crippen molar-refractivity contribution in [2.75, 3.05) is 42.9 Å². The molecule has 3 rings (SSSR count). The van der Waals surface area contributed by atoms with E-state index >= 15 is 0 Å². The van der Waals surface area contributed by atoms with Crippen LogP contribution in [0.4, 0.5) is 15.8 Å². The van der Waals surface area contributed by atoms with Gasteiger partial charge in [-0.25, -0.2) is 4.39 Å². The molecule has 25 heavy (non-hydrogen) atoms. The molecular weight excluding hydrogens is 321 g/mol. The Hall–Kier alpha value is -2.60. The molecule has 0 radical (unpaired) electrons. The van der Waals surface area contributed by atoms with Gasteiger partial charge in [-0.2, -0.15) is 0 Å². The van der Waals surface area contributed by atoms with Crippen molar-refractivity contribution < 1.29 is 14.3 Å². The van der Waals surface area contributed by atoms with Gasteiger partial charge < -0.3 is 15.3 Å². The van der Waals surface area contributed by atoms with Gasteiger partial charge in [0.25, 0.3) is 0 Å². The first-order valence-electron chi connectivity index (χ1n) is 8.34. The Morgan fingerprint density at radius 2 is 1.88 bits per heavy atom. The second kappa shape index (κ2) is 7.53. The molecule has 1 aliphatic rings. The van der Waals surface area contributed by atoms with Crippen LogP contribution in [-0.4, -0.2) is 48.6 Å². The highest BCUT2D eigenvalue weighted by Crippen LogP contribution is 2.27. The maximum atomic E-state index is 13.3. The Balaban J connectivity index is 1.53. The lowest BCUT2D eigenvalue weighted by molar-refractivity contribution is -0.117. The van der Waals surface area contributed by atoms with E-state index in [2.05, 4.69) is 15.1 Å². The third-order valence-electron chi connectivity index (χ3n) is 4.44. The van der Waals surface area contributed by atoms with Gasteiger partial charge in [0, 0.05) is 31.9 Å². The Bertz CT molecular complexity index is 758. The molecule has 1 saturated heterocycles. The summed E-state index contributed by atoms with van der Waals surface area (Å²) in [5.41, 5.74) is 2.17. The zero-order valence-electron chi connectivity index (χ0n) is 14.2. The Labute approximate surface area is 146 Å². The van der Waals surface area contributed by atoms with E-state index in [4.69, 9.17) is 0 Å². The van der Waals surface area contributed by atoms with E-state index < -0.39 is 0 Å². The first-order valence-corrected chi connectivity index (χ1v) is 8.34. The number of aromatic hydroxyl groups is 1. The minimum atomic E-state index is -0.364. The van der Waals surface area contributed by atoms with Crippen LogP contribution in [0.2, 0.25) is 0 Å². The fourth-order valence-electron chi connectivity index (χ4n) is 3.00. The molecule has 0 saturated carbocycles. The summed E-state index contributed by atoms with van der Waals surface area (Å²) in [6.07, 6.45) is 0. The summed E-state index contributed by atoms with van der Waals surface area (Å²) >= 11 is 0. The lowest BCUT2D eigenvalue weighted by Gasteiger charge is -2.35. The van der Waals surface area contributed by atoms with E-state index in [1.807, 2.05) is 19.1 Å². The molecule has 2 N–H and O–H groups in total. The molecule has 1 amide bonds. The highest BCUT2D eigenvalue weighted by Gasteiger charge is 2.20. The number of nitrogens with zero attached hydrogens (tertiary/aromatic N) is 2. The maximum absolute atomic E-state index is 13.3. The van der Waals surface area contributed by atoms with Gasteiger partial charge in [-0.15, -0.1) is 0 Å². The summed E-state index contributed by atoms with van der Waals surface area (Å²) in [6.45, 7) is 5.03. The number of hydrogen-bond donors (Lipinski definition) is 2. The number of phenolic OH excluding ortho intramolecular Hbond substituents is 1. The summed E-state index contributed by atoms with van der Waals surface area (Å²) < 4.78 is 13.3. The molecule has 1 aliphatic heterocycles. The summed E-state index contributed by atoms with van der Waals surface area (Å²) in [4.78, 5) is 16.4. The molecule has 6 heteroatoms. The number of rotatable bonds is 4. The number of hydrogen-bond acceptors (Lipinski definition) is 4. The predicted molar refractivity (Wildman–Crippen MR) is 96.5 cm³/mol. The number of phenols is 1. The number of benzene rings is 2. The van der Waals surface area contributed by atoms with E-state index in [1.54, 1.807) is 18.2 Å². The van der Waals surface area contributed by atoms with E-state index in [0.717, 1.165) is 37.4 Å². The van der Waals surface area contributed by atoms with Crippen molar-refractivity contribution in [3.63, 3.8) is 0 Å². The van der Waals surface area contributed by atoms with Gasteiger partial charge in [0.15, 0.2) is 0 Å². The monoisotopic (exact) mass is 343 g/mol. The number of aryl methyl sites for hydroxylation is 1. The zero-order valence-corrected chi connectivity index (χ0v) is 14.2. The van der Waals surface area contributed by atoms with Crippen molar-refractivity contribution in [3.8, 4) is 5.75 Å². The minimum absolute atomic E-state index is 0.148. The molecule has 0 aromatic heterocycles. The van der Waals surface area contributed by atoms with Gasteiger partial charge in [0.05, 0.1) is 12.2 Å². The van der Waals surface area contributed by atoms with Crippen LogP contribution in [0.3, 0.4) is 0 Å². The molecule has 0 unspecified atom stereocenters. The number of amides is 1. The highest BCUT2D eigenvalue weighted by atomic mass is 19.1. The predicted octanol–water partition coefficient (Wildman–Crippen LogP) is 2.60. The van der Waals surface area contributed by atoms with Crippen molar-refractivity contribution >= 4 is 17.3 Å². The molecule has 2 aromatic rings. The number of para-hydroxylation sites is 2. The van der Waals surface area contributed by atoms with Crippen molar-refractivity contribution in [2.24, 2.45) is 0 Å². The second-order valence-electron chi connectivity index (χ2n) is 6.26. The number of carbonyl (C=O) groups is 1. The van der Waals surface area contributed by atoms with Crippen molar-refractivity contribution in [3.05, 3.63) is 53.8 Å². The summed E-state index contributed by atoms with van der Waals surface area (Å²) in [7, 11) is 0. The van der Waals surface area contributed by atoms with Crippen LogP contribution in [0.1, 0.15) is 5.56 Å². The van der Waals surface area contributed by atoms with Gasteiger partial charge in [-0.3, -0.25) is 9.69 Å². The normalized spacial score (nSPS) is 15.2. The number of anilines is 2. The van der Waals surface area contributed by atoms with E-state index in [0.29, 0.717) is 5.69 Å². The van der Waals surface area contributed by atoms with E-state index in [-0.39, 0.29) is 24.0 Å². The molecule has 2 aromatic carbocycles.